The topological polar surface area (TPSA) is 37.3 Å². The highest BCUT2D eigenvalue weighted by atomic mass is 16.4. The molecule has 1 N–H and O–H groups in total. The van der Waals surface area contributed by atoms with Gasteiger partial charge in [-0.15, -0.1) is 0 Å². The molecule has 0 amide bonds. The van der Waals surface area contributed by atoms with E-state index in [9.17, 15) is 4.79 Å². The van der Waals surface area contributed by atoms with Crippen molar-refractivity contribution in [2.45, 2.75) is 52.4 Å². The zero-order valence-corrected chi connectivity index (χ0v) is 9.33. The zero-order valence-electron chi connectivity index (χ0n) is 9.33. The van der Waals surface area contributed by atoms with E-state index in [1.165, 1.54) is 19.3 Å². The summed E-state index contributed by atoms with van der Waals surface area (Å²) < 4.78 is 0. The van der Waals surface area contributed by atoms with Gasteiger partial charge in [0, 0.05) is 0 Å². The van der Waals surface area contributed by atoms with Crippen LogP contribution in [0, 0.1) is 17.8 Å². The maximum Gasteiger partial charge on any atom is 0.306 e. The Hall–Kier alpha value is -0.530. The molecule has 2 heteroatoms. The number of hydrogen-bond donors (Lipinski definition) is 1. The molecule has 82 valence electrons. The van der Waals surface area contributed by atoms with Gasteiger partial charge in [-0.2, -0.15) is 0 Å². The monoisotopic (exact) mass is 198 g/mol. The van der Waals surface area contributed by atoms with E-state index >= 15 is 0 Å². The van der Waals surface area contributed by atoms with Crippen LogP contribution in [-0.2, 0) is 4.79 Å². The molecule has 0 saturated heterocycles. The normalized spacial score (nSPS) is 29.9. The van der Waals surface area contributed by atoms with Crippen molar-refractivity contribution in [2.24, 2.45) is 17.8 Å². The van der Waals surface area contributed by atoms with Crippen LogP contribution in [-0.4, -0.2) is 11.1 Å². The molecule has 0 spiro atoms. The summed E-state index contributed by atoms with van der Waals surface area (Å²) in [5.74, 6) is 0.539. The summed E-state index contributed by atoms with van der Waals surface area (Å²) in [5.41, 5.74) is 0. The predicted octanol–water partition coefficient (Wildman–Crippen LogP) is 3.31. The quantitative estimate of drug-likeness (QED) is 0.752. The summed E-state index contributed by atoms with van der Waals surface area (Å²) in [7, 11) is 0. The van der Waals surface area contributed by atoms with Gasteiger partial charge in [0.05, 0.1) is 5.92 Å². The lowest BCUT2D eigenvalue weighted by atomic mass is 9.73. The standard InChI is InChI=1S/C12H22O2/c1-3-9-6-5-7-10(8-9)11(4-2)12(13)14/h9-11H,3-8H2,1-2H3,(H,13,14). The third kappa shape index (κ3) is 2.73. The highest BCUT2D eigenvalue weighted by molar-refractivity contribution is 5.70. The molecule has 3 atom stereocenters. The van der Waals surface area contributed by atoms with E-state index in [0.717, 1.165) is 25.2 Å². The van der Waals surface area contributed by atoms with Crippen molar-refractivity contribution >= 4 is 5.97 Å². The SMILES string of the molecule is CCC1CCCC(C(CC)C(=O)O)C1. The molecule has 0 aromatic carbocycles. The second-order valence-electron chi connectivity index (χ2n) is 4.55. The van der Waals surface area contributed by atoms with Gasteiger partial charge in [0.1, 0.15) is 0 Å². The minimum absolute atomic E-state index is 0.0932. The lowest BCUT2D eigenvalue weighted by Gasteiger charge is -2.31. The predicted molar refractivity (Wildman–Crippen MR) is 57.2 cm³/mol. The van der Waals surface area contributed by atoms with Crippen LogP contribution in [0.15, 0.2) is 0 Å². The zero-order chi connectivity index (χ0) is 10.6. The van der Waals surface area contributed by atoms with E-state index in [0.29, 0.717) is 5.92 Å². The Morgan fingerprint density at radius 3 is 2.64 bits per heavy atom. The fraction of sp³-hybridized carbons (Fsp3) is 0.917. The van der Waals surface area contributed by atoms with Gasteiger partial charge in [-0.05, 0) is 31.1 Å². The first kappa shape index (κ1) is 11.5. The van der Waals surface area contributed by atoms with Gasteiger partial charge >= 0.3 is 5.97 Å². The van der Waals surface area contributed by atoms with Crippen molar-refractivity contribution < 1.29 is 9.90 Å². The number of hydrogen-bond acceptors (Lipinski definition) is 1. The van der Waals surface area contributed by atoms with Gasteiger partial charge in [0.15, 0.2) is 0 Å². The van der Waals surface area contributed by atoms with Gasteiger partial charge < -0.3 is 5.11 Å². The maximum absolute atomic E-state index is 11.0. The number of carbonyl (C=O) groups is 1. The molecular formula is C12H22O2. The van der Waals surface area contributed by atoms with E-state index in [2.05, 4.69) is 6.92 Å². The van der Waals surface area contributed by atoms with Crippen molar-refractivity contribution in [3.63, 3.8) is 0 Å². The minimum Gasteiger partial charge on any atom is -0.481 e. The van der Waals surface area contributed by atoms with Crippen LogP contribution in [0.1, 0.15) is 52.4 Å². The molecule has 0 aromatic rings. The molecule has 0 aliphatic heterocycles. The minimum atomic E-state index is -0.589. The molecule has 2 nitrogen and oxygen atoms in total. The van der Waals surface area contributed by atoms with Crippen LogP contribution in [0.5, 0.6) is 0 Å². The van der Waals surface area contributed by atoms with Gasteiger partial charge in [0.2, 0.25) is 0 Å². The average molecular weight is 198 g/mol. The molecule has 1 aliphatic rings. The Morgan fingerprint density at radius 2 is 2.14 bits per heavy atom. The largest absolute Gasteiger partial charge is 0.481 e. The average Bonchev–Trinajstić information content (AvgIpc) is 2.19. The van der Waals surface area contributed by atoms with E-state index in [4.69, 9.17) is 5.11 Å². The summed E-state index contributed by atoms with van der Waals surface area (Å²) in [4.78, 5) is 11.0. The summed E-state index contributed by atoms with van der Waals surface area (Å²) in [6, 6.07) is 0. The highest BCUT2D eigenvalue weighted by Gasteiger charge is 2.30. The molecule has 1 aliphatic carbocycles. The van der Waals surface area contributed by atoms with Crippen LogP contribution < -0.4 is 0 Å². The number of carboxylic acids is 1. The first-order valence-electron chi connectivity index (χ1n) is 5.91. The summed E-state index contributed by atoms with van der Waals surface area (Å²) in [5, 5.41) is 9.08. The summed E-state index contributed by atoms with van der Waals surface area (Å²) >= 11 is 0. The first-order valence-corrected chi connectivity index (χ1v) is 5.91. The maximum atomic E-state index is 11.0. The van der Waals surface area contributed by atoms with Crippen LogP contribution in [0.3, 0.4) is 0 Å². The van der Waals surface area contributed by atoms with Gasteiger partial charge in [-0.25, -0.2) is 0 Å². The lowest BCUT2D eigenvalue weighted by Crippen LogP contribution is -2.27. The third-order valence-electron chi connectivity index (χ3n) is 3.73. The molecule has 1 saturated carbocycles. The second-order valence-corrected chi connectivity index (χ2v) is 4.55. The van der Waals surface area contributed by atoms with Crippen LogP contribution >= 0.6 is 0 Å². The van der Waals surface area contributed by atoms with Gasteiger partial charge in [-0.3, -0.25) is 4.79 Å². The first-order chi connectivity index (χ1) is 6.69. The molecule has 14 heavy (non-hydrogen) atoms. The van der Waals surface area contributed by atoms with E-state index < -0.39 is 5.97 Å². The molecule has 3 unspecified atom stereocenters. The van der Waals surface area contributed by atoms with Gasteiger partial charge in [0.25, 0.3) is 0 Å². The Balaban J connectivity index is 2.53. The van der Waals surface area contributed by atoms with E-state index in [-0.39, 0.29) is 5.92 Å². The fourth-order valence-electron chi connectivity index (χ4n) is 2.78. The molecule has 0 bridgehead atoms. The number of carboxylic acid groups (broad SMARTS) is 1. The summed E-state index contributed by atoms with van der Waals surface area (Å²) in [6.07, 6.45) is 6.81. The molecule has 0 radical (unpaired) electrons. The fourth-order valence-corrected chi connectivity index (χ4v) is 2.78. The van der Waals surface area contributed by atoms with Crippen molar-refractivity contribution in [2.75, 3.05) is 0 Å². The number of rotatable bonds is 4. The lowest BCUT2D eigenvalue weighted by molar-refractivity contribution is -0.144. The third-order valence-corrected chi connectivity index (χ3v) is 3.73. The highest BCUT2D eigenvalue weighted by Crippen LogP contribution is 2.36. The Morgan fingerprint density at radius 1 is 1.43 bits per heavy atom. The van der Waals surface area contributed by atoms with Crippen molar-refractivity contribution in [1.82, 2.24) is 0 Å². The summed E-state index contributed by atoms with van der Waals surface area (Å²) in [6.45, 7) is 4.21. The number of aliphatic carboxylic acids is 1. The molecule has 1 rings (SSSR count). The van der Waals surface area contributed by atoms with Crippen LogP contribution in [0.2, 0.25) is 0 Å². The Labute approximate surface area is 86.7 Å². The van der Waals surface area contributed by atoms with Gasteiger partial charge in [-0.1, -0.05) is 33.1 Å². The molecule has 0 aromatic heterocycles. The van der Waals surface area contributed by atoms with E-state index in [1.54, 1.807) is 0 Å². The van der Waals surface area contributed by atoms with E-state index in [1.807, 2.05) is 6.92 Å². The Bertz CT molecular complexity index is 189. The second kappa shape index (κ2) is 5.38. The van der Waals surface area contributed by atoms with Crippen molar-refractivity contribution in [3.8, 4) is 0 Å². The molecule has 0 heterocycles. The molecule has 1 fully saturated rings. The Kier molecular flexibility index (Phi) is 4.43. The van der Waals surface area contributed by atoms with Crippen LogP contribution in [0.25, 0.3) is 0 Å². The smallest absolute Gasteiger partial charge is 0.306 e. The van der Waals surface area contributed by atoms with Crippen molar-refractivity contribution in [3.05, 3.63) is 0 Å². The van der Waals surface area contributed by atoms with Crippen molar-refractivity contribution in [1.29, 1.82) is 0 Å². The van der Waals surface area contributed by atoms with Crippen LogP contribution in [0.4, 0.5) is 0 Å². The molecular weight excluding hydrogens is 176 g/mol.